The number of carbonyl (C=O) groups excluding carboxylic acids is 2. The number of benzene rings is 2. The van der Waals surface area contributed by atoms with Gasteiger partial charge in [-0.1, -0.05) is 55.5 Å². The number of aryl methyl sites for hydroxylation is 1. The Kier molecular flexibility index (Phi) is 7.88. The fourth-order valence-electron chi connectivity index (χ4n) is 4.07. The summed E-state index contributed by atoms with van der Waals surface area (Å²) in [6.45, 7) is 5.67. The largest absolute Gasteiger partial charge is 0.337 e. The Labute approximate surface area is 200 Å². The van der Waals surface area contributed by atoms with Crippen LogP contribution >= 0.6 is 0 Å². The lowest BCUT2D eigenvalue weighted by Crippen LogP contribution is -2.50. The van der Waals surface area contributed by atoms with Crippen molar-refractivity contribution in [3.63, 3.8) is 0 Å². The van der Waals surface area contributed by atoms with Gasteiger partial charge < -0.3 is 10.2 Å². The van der Waals surface area contributed by atoms with Gasteiger partial charge in [0.05, 0.1) is 19.3 Å². The van der Waals surface area contributed by atoms with Gasteiger partial charge >= 0.3 is 0 Å². The molecule has 1 N–H and O–H groups in total. The molecule has 0 saturated carbocycles. The van der Waals surface area contributed by atoms with Crippen molar-refractivity contribution in [1.82, 2.24) is 19.6 Å². The van der Waals surface area contributed by atoms with Gasteiger partial charge in [-0.25, -0.2) is 0 Å². The summed E-state index contributed by atoms with van der Waals surface area (Å²) in [7, 11) is 0. The fourth-order valence-corrected chi connectivity index (χ4v) is 4.07. The van der Waals surface area contributed by atoms with E-state index in [2.05, 4.69) is 34.4 Å². The predicted molar refractivity (Wildman–Crippen MR) is 134 cm³/mol. The number of amides is 2. The van der Waals surface area contributed by atoms with E-state index in [1.165, 1.54) is 5.56 Å². The van der Waals surface area contributed by atoms with Gasteiger partial charge in [-0.15, -0.1) is 0 Å². The van der Waals surface area contributed by atoms with Crippen LogP contribution in [-0.4, -0.2) is 64.1 Å². The summed E-state index contributed by atoms with van der Waals surface area (Å²) in [5.41, 5.74) is 4.08. The molecule has 2 amide bonds. The number of hydrogen-bond donors (Lipinski definition) is 1. The maximum absolute atomic E-state index is 12.6. The van der Waals surface area contributed by atoms with Crippen molar-refractivity contribution in [2.45, 2.75) is 19.9 Å². The number of anilines is 1. The van der Waals surface area contributed by atoms with E-state index in [0.29, 0.717) is 39.3 Å². The number of nitrogens with one attached hydrogen (secondary N) is 1. The number of carbonyl (C=O) groups is 2. The van der Waals surface area contributed by atoms with E-state index >= 15 is 0 Å². The zero-order chi connectivity index (χ0) is 23.8. The maximum atomic E-state index is 12.6. The Balaban J connectivity index is 1.22. The van der Waals surface area contributed by atoms with Crippen molar-refractivity contribution in [3.05, 3.63) is 89.8 Å². The summed E-state index contributed by atoms with van der Waals surface area (Å²) >= 11 is 0. The Morgan fingerprint density at radius 1 is 1.00 bits per heavy atom. The van der Waals surface area contributed by atoms with E-state index in [4.69, 9.17) is 0 Å². The summed E-state index contributed by atoms with van der Waals surface area (Å²) in [6.07, 6.45) is 7.98. The van der Waals surface area contributed by atoms with Gasteiger partial charge in [-0.3, -0.25) is 19.2 Å². The highest BCUT2D eigenvalue weighted by Crippen LogP contribution is 2.15. The van der Waals surface area contributed by atoms with Crippen molar-refractivity contribution in [1.29, 1.82) is 0 Å². The molecule has 4 rings (SSSR count). The Morgan fingerprint density at radius 3 is 2.50 bits per heavy atom. The number of nitrogens with zero attached hydrogens (tertiary/aromatic N) is 4. The lowest BCUT2D eigenvalue weighted by Gasteiger charge is -2.33. The molecule has 3 aromatic rings. The van der Waals surface area contributed by atoms with Gasteiger partial charge in [0.2, 0.25) is 11.8 Å². The molecule has 1 fully saturated rings. The van der Waals surface area contributed by atoms with Gasteiger partial charge in [0.25, 0.3) is 0 Å². The first-order chi connectivity index (χ1) is 16.6. The second kappa shape index (κ2) is 11.4. The average molecular weight is 458 g/mol. The number of aromatic nitrogens is 2. The Morgan fingerprint density at radius 2 is 1.74 bits per heavy atom. The minimum atomic E-state index is -0.0203. The molecule has 1 aliphatic heterocycles. The van der Waals surface area contributed by atoms with Crippen LogP contribution in [0.25, 0.3) is 6.08 Å². The predicted octanol–water partition coefficient (Wildman–Crippen LogP) is 3.29. The highest BCUT2D eigenvalue weighted by molar-refractivity contribution is 5.93. The first-order valence-corrected chi connectivity index (χ1v) is 11.7. The Bertz CT molecular complexity index is 1130. The quantitative estimate of drug-likeness (QED) is 0.527. The Hall–Kier alpha value is -3.71. The minimum Gasteiger partial charge on any atom is -0.337 e. The van der Waals surface area contributed by atoms with Crippen LogP contribution < -0.4 is 5.32 Å². The molecule has 1 aliphatic rings. The number of rotatable bonds is 8. The van der Waals surface area contributed by atoms with E-state index in [-0.39, 0.29) is 11.8 Å². The van der Waals surface area contributed by atoms with Gasteiger partial charge in [-0.2, -0.15) is 5.10 Å². The standard InChI is InChI=1S/C27H31N5O2/c1-2-24-10-6-7-11-25(24)29-26(33)21-30-14-16-31(17-15-30)27(34)13-12-23-18-28-32(20-23)19-22-8-4-3-5-9-22/h3-13,18,20H,2,14-17,19,21H2,1H3,(H,29,33)/b13-12+. The first-order valence-electron chi connectivity index (χ1n) is 11.7. The number of para-hydroxylation sites is 1. The van der Waals surface area contributed by atoms with Gasteiger partial charge in [-0.05, 0) is 29.7 Å². The van der Waals surface area contributed by atoms with Gasteiger partial charge in [0.1, 0.15) is 0 Å². The molecule has 7 heteroatoms. The fraction of sp³-hybridized carbons (Fsp3) is 0.296. The van der Waals surface area contributed by atoms with Crippen LogP contribution in [0.3, 0.4) is 0 Å². The van der Waals surface area contributed by atoms with Crippen molar-refractivity contribution in [3.8, 4) is 0 Å². The third kappa shape index (κ3) is 6.42. The smallest absolute Gasteiger partial charge is 0.246 e. The molecule has 0 bridgehead atoms. The molecule has 7 nitrogen and oxygen atoms in total. The molecule has 2 aromatic carbocycles. The van der Waals surface area contributed by atoms with E-state index in [1.807, 2.05) is 64.3 Å². The molecule has 1 aromatic heterocycles. The average Bonchev–Trinajstić information content (AvgIpc) is 3.31. The molecular weight excluding hydrogens is 426 g/mol. The van der Waals surface area contributed by atoms with Crippen LogP contribution in [0.15, 0.2) is 73.1 Å². The monoisotopic (exact) mass is 457 g/mol. The van der Waals surface area contributed by atoms with Crippen molar-refractivity contribution < 1.29 is 9.59 Å². The van der Waals surface area contributed by atoms with E-state index < -0.39 is 0 Å². The van der Waals surface area contributed by atoms with Crippen molar-refractivity contribution >= 4 is 23.6 Å². The minimum absolute atomic E-state index is 0.0169. The SMILES string of the molecule is CCc1ccccc1NC(=O)CN1CCN(C(=O)/C=C/c2cnn(Cc3ccccc3)c2)CC1. The zero-order valence-electron chi connectivity index (χ0n) is 19.6. The van der Waals surface area contributed by atoms with Crippen LogP contribution in [0.4, 0.5) is 5.69 Å². The summed E-state index contributed by atoms with van der Waals surface area (Å²) in [5.74, 6) is -0.0372. The van der Waals surface area contributed by atoms with Crippen molar-refractivity contribution in [2.75, 3.05) is 38.0 Å². The second-order valence-electron chi connectivity index (χ2n) is 8.45. The summed E-state index contributed by atoms with van der Waals surface area (Å²) in [6, 6.07) is 18.0. The summed E-state index contributed by atoms with van der Waals surface area (Å²) < 4.78 is 1.86. The van der Waals surface area contributed by atoms with Gasteiger partial charge in [0, 0.05) is 49.7 Å². The topological polar surface area (TPSA) is 70.5 Å². The molecule has 0 unspecified atom stereocenters. The number of piperazine rings is 1. The maximum Gasteiger partial charge on any atom is 0.246 e. The molecule has 2 heterocycles. The van der Waals surface area contributed by atoms with E-state index in [9.17, 15) is 9.59 Å². The molecule has 0 radical (unpaired) electrons. The molecule has 1 saturated heterocycles. The van der Waals surface area contributed by atoms with Gasteiger partial charge in [0.15, 0.2) is 0 Å². The lowest BCUT2D eigenvalue weighted by molar-refractivity contribution is -0.127. The molecule has 34 heavy (non-hydrogen) atoms. The normalized spacial score (nSPS) is 14.4. The summed E-state index contributed by atoms with van der Waals surface area (Å²) in [5, 5.41) is 7.39. The first kappa shape index (κ1) is 23.4. The van der Waals surface area contributed by atoms with Crippen molar-refractivity contribution in [2.24, 2.45) is 0 Å². The van der Waals surface area contributed by atoms with E-state index in [1.54, 1.807) is 12.3 Å². The van der Waals surface area contributed by atoms with E-state index in [0.717, 1.165) is 23.2 Å². The highest BCUT2D eigenvalue weighted by atomic mass is 16.2. The second-order valence-corrected chi connectivity index (χ2v) is 8.45. The zero-order valence-corrected chi connectivity index (χ0v) is 19.6. The lowest BCUT2D eigenvalue weighted by atomic mass is 10.1. The highest BCUT2D eigenvalue weighted by Gasteiger charge is 2.21. The van der Waals surface area contributed by atoms with Crippen LogP contribution in [0.2, 0.25) is 0 Å². The third-order valence-corrected chi connectivity index (χ3v) is 5.98. The summed E-state index contributed by atoms with van der Waals surface area (Å²) in [4.78, 5) is 29.0. The molecule has 176 valence electrons. The molecule has 0 spiro atoms. The number of hydrogen-bond acceptors (Lipinski definition) is 4. The molecular formula is C27H31N5O2. The van der Waals surface area contributed by atoms with Crippen LogP contribution in [-0.2, 0) is 22.6 Å². The molecule has 0 aliphatic carbocycles. The van der Waals surface area contributed by atoms with Crippen LogP contribution in [0.1, 0.15) is 23.6 Å². The van der Waals surface area contributed by atoms with Crippen LogP contribution in [0.5, 0.6) is 0 Å². The third-order valence-electron chi connectivity index (χ3n) is 5.98. The van der Waals surface area contributed by atoms with Crippen LogP contribution in [0, 0.1) is 0 Å². The molecule has 0 atom stereocenters.